The number of nitrogens with one attached hydrogen (secondary N) is 2. The summed E-state index contributed by atoms with van der Waals surface area (Å²) in [7, 11) is 1.51. The lowest BCUT2D eigenvalue weighted by atomic mass is 10.1. The first-order chi connectivity index (χ1) is 14.1. The molecule has 0 unspecified atom stereocenters. The van der Waals surface area contributed by atoms with E-state index in [4.69, 9.17) is 13.9 Å². The molecule has 3 aromatic rings. The van der Waals surface area contributed by atoms with Crippen molar-refractivity contribution in [2.24, 2.45) is 0 Å². The van der Waals surface area contributed by atoms with Crippen LogP contribution >= 0.6 is 0 Å². The van der Waals surface area contributed by atoms with E-state index in [2.05, 4.69) is 10.6 Å². The van der Waals surface area contributed by atoms with Crippen LogP contribution in [0.4, 0.5) is 11.4 Å². The summed E-state index contributed by atoms with van der Waals surface area (Å²) in [6, 6.07) is 17.6. The van der Waals surface area contributed by atoms with Crippen molar-refractivity contribution in [3.63, 3.8) is 0 Å². The smallest absolute Gasteiger partial charge is 0.341 e. The summed E-state index contributed by atoms with van der Waals surface area (Å²) in [6.45, 7) is 1.93. The van der Waals surface area contributed by atoms with Crippen LogP contribution in [0.5, 0.6) is 5.75 Å². The monoisotopic (exact) mass is 394 g/mol. The van der Waals surface area contributed by atoms with Crippen LogP contribution in [0.2, 0.25) is 0 Å². The zero-order valence-electron chi connectivity index (χ0n) is 16.2. The molecule has 7 heteroatoms. The summed E-state index contributed by atoms with van der Waals surface area (Å²) in [5.41, 5.74) is 1.42. The normalized spacial score (nSPS) is 11.4. The second-order valence-electron chi connectivity index (χ2n) is 6.22. The molecule has 0 aliphatic rings. The van der Waals surface area contributed by atoms with Crippen LogP contribution in [-0.4, -0.2) is 25.1 Å². The average Bonchev–Trinajstić information content (AvgIpc) is 3.26. The molecule has 7 nitrogen and oxygen atoms in total. The number of hydrogen-bond donors (Lipinski definition) is 2. The van der Waals surface area contributed by atoms with Gasteiger partial charge in [-0.1, -0.05) is 24.3 Å². The van der Waals surface area contributed by atoms with Crippen molar-refractivity contribution < 1.29 is 23.5 Å². The highest BCUT2D eigenvalue weighted by atomic mass is 16.5. The first kappa shape index (κ1) is 20.0. The number of carbonyl (C=O) groups excluding carboxylic acids is 2. The maximum atomic E-state index is 12.6. The molecule has 0 fully saturated rings. The first-order valence-corrected chi connectivity index (χ1v) is 9.08. The van der Waals surface area contributed by atoms with Crippen molar-refractivity contribution in [2.45, 2.75) is 19.6 Å². The second kappa shape index (κ2) is 9.45. The van der Waals surface area contributed by atoms with Crippen LogP contribution in [0, 0.1) is 0 Å². The fourth-order valence-electron chi connectivity index (χ4n) is 2.67. The number of anilines is 2. The van der Waals surface area contributed by atoms with Crippen molar-refractivity contribution in [2.75, 3.05) is 17.7 Å². The molecular formula is C22H22N2O5. The molecule has 0 aliphatic carbocycles. The lowest BCUT2D eigenvalue weighted by Gasteiger charge is -2.16. The van der Waals surface area contributed by atoms with Crippen LogP contribution in [0.1, 0.15) is 23.0 Å². The first-order valence-electron chi connectivity index (χ1n) is 9.08. The van der Waals surface area contributed by atoms with Crippen molar-refractivity contribution in [3.8, 4) is 5.75 Å². The summed E-state index contributed by atoms with van der Waals surface area (Å²) < 4.78 is 15.9. The summed E-state index contributed by atoms with van der Waals surface area (Å²) in [5.74, 6) is 0.198. The third kappa shape index (κ3) is 5.16. The van der Waals surface area contributed by atoms with Gasteiger partial charge in [0.2, 0.25) is 0 Å². The highest BCUT2D eigenvalue weighted by molar-refractivity contribution is 6.00. The van der Waals surface area contributed by atoms with Gasteiger partial charge in [-0.05, 0) is 43.3 Å². The maximum absolute atomic E-state index is 12.6. The Balaban J connectivity index is 1.64. The fraction of sp³-hybridized carbons (Fsp3) is 0.182. The summed E-state index contributed by atoms with van der Waals surface area (Å²) >= 11 is 0. The number of amides is 1. The molecule has 0 spiro atoms. The number of ether oxygens (including phenoxy) is 2. The van der Waals surface area contributed by atoms with Gasteiger partial charge in [0.15, 0.2) is 6.10 Å². The van der Waals surface area contributed by atoms with E-state index in [1.807, 2.05) is 6.07 Å². The Morgan fingerprint density at radius 2 is 1.72 bits per heavy atom. The Morgan fingerprint density at radius 1 is 1.00 bits per heavy atom. The number of esters is 1. The van der Waals surface area contributed by atoms with Gasteiger partial charge >= 0.3 is 5.97 Å². The molecule has 2 N–H and O–H groups in total. The summed E-state index contributed by atoms with van der Waals surface area (Å²) in [4.78, 5) is 25.1. The van der Waals surface area contributed by atoms with E-state index in [1.165, 1.54) is 14.0 Å². The summed E-state index contributed by atoms with van der Waals surface area (Å²) in [5, 5.41) is 5.85. The third-order valence-electron chi connectivity index (χ3n) is 4.20. The number of rotatable bonds is 8. The Kier molecular flexibility index (Phi) is 6.52. The van der Waals surface area contributed by atoms with E-state index in [0.717, 1.165) is 5.76 Å². The van der Waals surface area contributed by atoms with E-state index in [-0.39, 0.29) is 0 Å². The van der Waals surface area contributed by atoms with Gasteiger partial charge in [-0.3, -0.25) is 4.79 Å². The minimum atomic E-state index is -0.995. The van der Waals surface area contributed by atoms with Gasteiger partial charge < -0.3 is 24.5 Å². The van der Waals surface area contributed by atoms with Gasteiger partial charge in [0.25, 0.3) is 5.91 Å². The van der Waals surface area contributed by atoms with Gasteiger partial charge in [0.1, 0.15) is 11.5 Å². The molecule has 1 amide bonds. The summed E-state index contributed by atoms with van der Waals surface area (Å²) in [6.07, 6.45) is 0.588. The Bertz CT molecular complexity index is 969. The van der Waals surface area contributed by atoms with E-state index in [1.54, 1.807) is 60.9 Å². The Morgan fingerprint density at radius 3 is 2.45 bits per heavy atom. The number of benzene rings is 2. The Hall–Kier alpha value is -3.74. The third-order valence-corrected chi connectivity index (χ3v) is 4.20. The zero-order chi connectivity index (χ0) is 20.6. The van der Waals surface area contributed by atoms with Gasteiger partial charge in [0, 0.05) is 5.69 Å². The highest BCUT2D eigenvalue weighted by Crippen LogP contribution is 2.24. The van der Waals surface area contributed by atoms with Gasteiger partial charge in [-0.25, -0.2) is 4.79 Å². The van der Waals surface area contributed by atoms with E-state index < -0.39 is 18.0 Å². The molecular weight excluding hydrogens is 372 g/mol. The van der Waals surface area contributed by atoms with Crippen LogP contribution in [0.15, 0.2) is 71.3 Å². The molecule has 1 heterocycles. The standard InChI is InChI=1S/C22H22N2O5/c1-15(21(25)24-19-11-5-6-12-20(19)27-2)29-22(26)17-9-3-4-10-18(17)23-14-16-8-7-13-28-16/h3-13,15,23H,14H2,1-2H3,(H,24,25)/t15-/m1/s1. The minimum absolute atomic E-state index is 0.330. The fourth-order valence-corrected chi connectivity index (χ4v) is 2.67. The van der Waals surface area contributed by atoms with E-state index >= 15 is 0 Å². The largest absolute Gasteiger partial charge is 0.495 e. The molecule has 1 aromatic heterocycles. The lowest BCUT2D eigenvalue weighted by Crippen LogP contribution is -2.30. The predicted molar refractivity (Wildman–Crippen MR) is 109 cm³/mol. The topological polar surface area (TPSA) is 89.8 Å². The van der Waals surface area contributed by atoms with Gasteiger partial charge in [-0.2, -0.15) is 0 Å². The zero-order valence-corrected chi connectivity index (χ0v) is 16.2. The number of carbonyl (C=O) groups is 2. The molecule has 1 atom stereocenters. The van der Waals surface area contributed by atoms with Crippen molar-refractivity contribution in [1.82, 2.24) is 0 Å². The van der Waals surface area contributed by atoms with Crippen LogP contribution in [0.25, 0.3) is 0 Å². The molecule has 29 heavy (non-hydrogen) atoms. The van der Waals surface area contributed by atoms with Crippen LogP contribution in [-0.2, 0) is 16.1 Å². The van der Waals surface area contributed by atoms with E-state index in [0.29, 0.717) is 29.2 Å². The number of para-hydroxylation sites is 3. The van der Waals surface area contributed by atoms with Crippen molar-refractivity contribution in [3.05, 3.63) is 78.3 Å². The van der Waals surface area contributed by atoms with Crippen LogP contribution in [0.3, 0.4) is 0 Å². The average molecular weight is 394 g/mol. The number of hydrogen-bond acceptors (Lipinski definition) is 6. The van der Waals surface area contributed by atoms with Crippen molar-refractivity contribution >= 4 is 23.3 Å². The number of furan rings is 1. The minimum Gasteiger partial charge on any atom is -0.495 e. The molecule has 3 rings (SSSR count). The Labute approximate surface area is 168 Å². The molecule has 0 radical (unpaired) electrons. The second-order valence-corrected chi connectivity index (χ2v) is 6.22. The quantitative estimate of drug-likeness (QED) is 0.560. The molecule has 2 aromatic carbocycles. The molecule has 150 valence electrons. The van der Waals surface area contributed by atoms with Crippen molar-refractivity contribution in [1.29, 1.82) is 0 Å². The molecule has 0 saturated heterocycles. The van der Waals surface area contributed by atoms with Gasteiger partial charge in [-0.15, -0.1) is 0 Å². The maximum Gasteiger partial charge on any atom is 0.341 e. The van der Waals surface area contributed by atoms with E-state index in [9.17, 15) is 9.59 Å². The van der Waals surface area contributed by atoms with Gasteiger partial charge in [0.05, 0.1) is 31.2 Å². The SMILES string of the molecule is COc1ccccc1NC(=O)[C@@H](C)OC(=O)c1ccccc1NCc1ccco1. The highest BCUT2D eigenvalue weighted by Gasteiger charge is 2.21. The molecule has 0 aliphatic heterocycles. The van der Waals surface area contributed by atoms with Crippen LogP contribution < -0.4 is 15.4 Å². The lowest BCUT2D eigenvalue weighted by molar-refractivity contribution is -0.123. The molecule has 0 bridgehead atoms. The predicted octanol–water partition coefficient (Wildman–Crippen LogP) is 4.08. The molecule has 0 saturated carbocycles. The number of methoxy groups -OCH3 is 1.